The Morgan fingerprint density at radius 1 is 1.32 bits per heavy atom. The van der Waals surface area contributed by atoms with Crippen LogP contribution in [0.4, 0.5) is 5.69 Å². The Balaban J connectivity index is 1.69. The van der Waals surface area contributed by atoms with E-state index in [1.165, 1.54) is 11.8 Å². The Kier molecular flexibility index (Phi) is 4.32. The lowest BCUT2D eigenvalue weighted by Gasteiger charge is -2.29. The van der Waals surface area contributed by atoms with Crippen LogP contribution in [0.1, 0.15) is 11.1 Å². The van der Waals surface area contributed by atoms with Gasteiger partial charge in [0, 0.05) is 0 Å². The monoisotopic (exact) mass is 388 g/mol. The molecule has 1 N–H and O–H groups in total. The van der Waals surface area contributed by atoms with E-state index in [1.54, 1.807) is 22.3 Å². The quantitative estimate of drug-likeness (QED) is 0.647. The van der Waals surface area contributed by atoms with Gasteiger partial charge in [0.25, 0.3) is 11.8 Å². The predicted molar refractivity (Wildman–Crippen MR) is 104 cm³/mol. The van der Waals surface area contributed by atoms with Crippen LogP contribution in [0, 0.1) is 0 Å². The number of ether oxygens (including phenoxy) is 1. The van der Waals surface area contributed by atoms with Crippen LogP contribution >= 0.6 is 35.3 Å². The zero-order valence-electron chi connectivity index (χ0n) is 12.9. The van der Waals surface area contributed by atoms with Crippen LogP contribution in [0.25, 0.3) is 6.08 Å². The van der Waals surface area contributed by atoms with Gasteiger partial charge in [-0.05, 0) is 46.2 Å². The number of thioether (sulfide) groups is 1. The highest BCUT2D eigenvalue weighted by atomic mass is 32.2. The van der Waals surface area contributed by atoms with E-state index >= 15 is 0 Å². The van der Waals surface area contributed by atoms with Crippen molar-refractivity contribution in [2.75, 3.05) is 11.5 Å². The lowest BCUT2D eigenvalue weighted by molar-refractivity contribution is -0.121. The van der Waals surface area contributed by atoms with Crippen molar-refractivity contribution in [3.05, 3.63) is 51.1 Å². The summed E-state index contributed by atoms with van der Waals surface area (Å²) < 4.78 is 5.98. The largest absolute Gasteiger partial charge is 0.482 e. The Morgan fingerprint density at radius 3 is 2.92 bits per heavy atom. The highest BCUT2D eigenvalue weighted by Crippen LogP contribution is 2.35. The van der Waals surface area contributed by atoms with E-state index in [0.717, 1.165) is 11.1 Å². The summed E-state index contributed by atoms with van der Waals surface area (Å²) in [6, 6.07) is 7.55. The highest BCUT2D eigenvalue weighted by molar-refractivity contribution is 8.26. The van der Waals surface area contributed by atoms with Gasteiger partial charge >= 0.3 is 0 Å². The third-order valence-electron chi connectivity index (χ3n) is 3.79. The van der Waals surface area contributed by atoms with E-state index in [0.29, 0.717) is 27.2 Å². The number of nitrogens with zero attached hydrogens (tertiary/aromatic N) is 1. The number of carbonyl (C=O) groups is 2. The molecule has 0 atom stereocenters. The average molecular weight is 388 g/mol. The van der Waals surface area contributed by atoms with Crippen molar-refractivity contribution in [1.29, 1.82) is 0 Å². The van der Waals surface area contributed by atoms with Gasteiger partial charge in [-0.15, -0.1) is 0 Å². The summed E-state index contributed by atoms with van der Waals surface area (Å²) in [5.41, 5.74) is 2.60. The molecule has 0 saturated carbocycles. The molecule has 0 radical (unpaired) electrons. The summed E-state index contributed by atoms with van der Waals surface area (Å²) in [5.74, 6) is 0.379. The maximum absolute atomic E-state index is 12.3. The minimum atomic E-state index is -0.199. The molecule has 1 fully saturated rings. The number of thiocarbonyl (C=S) groups is 1. The van der Waals surface area contributed by atoms with E-state index in [2.05, 4.69) is 5.32 Å². The number of carbonyl (C=O) groups excluding carboxylic acids is 2. The molecule has 8 heteroatoms. The second-order valence-electron chi connectivity index (χ2n) is 5.48. The first-order chi connectivity index (χ1) is 12.1. The van der Waals surface area contributed by atoms with Gasteiger partial charge in [-0.2, -0.15) is 11.3 Å². The molecule has 0 spiro atoms. The number of thiophene rings is 1. The molecule has 3 heterocycles. The average Bonchev–Trinajstić information content (AvgIpc) is 3.20. The van der Waals surface area contributed by atoms with Gasteiger partial charge in [-0.3, -0.25) is 9.59 Å². The Hall–Kier alpha value is -2.16. The van der Waals surface area contributed by atoms with Gasteiger partial charge < -0.3 is 15.0 Å². The third-order valence-corrected chi connectivity index (χ3v) is 5.68. The van der Waals surface area contributed by atoms with Crippen LogP contribution in [0.5, 0.6) is 5.75 Å². The molecule has 126 valence electrons. The minimum absolute atomic E-state index is 0.0318. The molecule has 2 amide bonds. The standard InChI is InChI=1S/C17H12N2O3S3/c20-15-8-22-13-2-1-10(6-14-16(21)18-17(23)25-14)5-12(13)19(15)7-11-3-4-24-9-11/h1-6,9H,7-8H2,(H,18,21,23). The van der Waals surface area contributed by atoms with Gasteiger partial charge in [0.1, 0.15) is 10.1 Å². The van der Waals surface area contributed by atoms with E-state index in [9.17, 15) is 9.59 Å². The van der Waals surface area contributed by atoms with Crippen LogP contribution in [0.15, 0.2) is 39.9 Å². The first-order valence-corrected chi connectivity index (χ1v) is 9.60. The van der Waals surface area contributed by atoms with Gasteiger partial charge in [0.15, 0.2) is 6.61 Å². The number of hydrogen-bond donors (Lipinski definition) is 1. The van der Waals surface area contributed by atoms with Crippen LogP contribution in [0.2, 0.25) is 0 Å². The third kappa shape index (κ3) is 3.33. The first-order valence-electron chi connectivity index (χ1n) is 7.43. The number of nitrogens with one attached hydrogen (secondary N) is 1. The molecule has 2 aliphatic rings. The molecule has 0 unspecified atom stereocenters. The minimum Gasteiger partial charge on any atom is -0.482 e. The van der Waals surface area contributed by atoms with Crippen molar-refractivity contribution in [3.63, 3.8) is 0 Å². The lowest BCUT2D eigenvalue weighted by Crippen LogP contribution is -2.38. The number of hydrogen-bond acceptors (Lipinski definition) is 6. The van der Waals surface area contributed by atoms with Gasteiger partial charge in [0.2, 0.25) is 0 Å². The zero-order valence-corrected chi connectivity index (χ0v) is 15.3. The number of fused-ring (bicyclic) bond motifs is 1. The highest BCUT2D eigenvalue weighted by Gasteiger charge is 2.27. The van der Waals surface area contributed by atoms with E-state index in [1.807, 2.05) is 35.0 Å². The van der Waals surface area contributed by atoms with Crippen LogP contribution in [-0.2, 0) is 16.1 Å². The van der Waals surface area contributed by atoms with Crippen LogP contribution in [0.3, 0.4) is 0 Å². The molecule has 0 aliphatic carbocycles. The van der Waals surface area contributed by atoms with Crippen molar-refractivity contribution in [2.24, 2.45) is 0 Å². The Bertz CT molecular complexity index is 906. The molecule has 1 aromatic heterocycles. The number of anilines is 1. The summed E-state index contributed by atoms with van der Waals surface area (Å²) in [5, 5.41) is 6.60. The van der Waals surface area contributed by atoms with Crippen molar-refractivity contribution < 1.29 is 14.3 Å². The summed E-state index contributed by atoms with van der Waals surface area (Å²) in [6.45, 7) is 0.530. The maximum Gasteiger partial charge on any atom is 0.265 e. The SMILES string of the molecule is O=C1NC(=S)SC1=Cc1ccc2c(c1)N(Cc1ccsc1)C(=O)CO2. The molecule has 25 heavy (non-hydrogen) atoms. The zero-order chi connectivity index (χ0) is 17.4. The van der Waals surface area contributed by atoms with E-state index in [4.69, 9.17) is 17.0 Å². The molecular weight excluding hydrogens is 376 g/mol. The first kappa shape index (κ1) is 16.3. The normalized spacial score (nSPS) is 18.3. The molecule has 5 nitrogen and oxygen atoms in total. The molecule has 1 saturated heterocycles. The Morgan fingerprint density at radius 2 is 2.20 bits per heavy atom. The van der Waals surface area contributed by atoms with Crippen LogP contribution < -0.4 is 15.0 Å². The smallest absolute Gasteiger partial charge is 0.265 e. The Labute approximate surface area is 157 Å². The fourth-order valence-corrected chi connectivity index (χ4v) is 4.32. The van der Waals surface area contributed by atoms with Gasteiger partial charge in [0.05, 0.1) is 17.1 Å². The van der Waals surface area contributed by atoms with Crippen molar-refractivity contribution in [2.45, 2.75) is 6.54 Å². The summed E-state index contributed by atoms with van der Waals surface area (Å²) in [4.78, 5) is 26.4. The lowest BCUT2D eigenvalue weighted by atomic mass is 10.1. The number of rotatable bonds is 3. The van der Waals surface area contributed by atoms with Crippen molar-refractivity contribution in [1.82, 2.24) is 5.32 Å². The van der Waals surface area contributed by atoms with Crippen molar-refractivity contribution >= 4 is 63.2 Å². The molecule has 0 bridgehead atoms. The molecule has 2 aliphatic heterocycles. The maximum atomic E-state index is 12.3. The van der Waals surface area contributed by atoms with Gasteiger partial charge in [-0.1, -0.05) is 30.0 Å². The second kappa shape index (κ2) is 6.62. The van der Waals surface area contributed by atoms with Gasteiger partial charge in [-0.25, -0.2) is 0 Å². The van der Waals surface area contributed by atoms with E-state index in [-0.39, 0.29) is 18.4 Å². The molecule has 4 rings (SSSR count). The number of benzene rings is 1. The number of amides is 2. The fraction of sp³-hybridized carbons (Fsp3) is 0.118. The topological polar surface area (TPSA) is 58.6 Å². The van der Waals surface area contributed by atoms with Crippen LogP contribution in [-0.4, -0.2) is 22.7 Å². The molecule has 2 aromatic rings. The summed E-state index contributed by atoms with van der Waals surface area (Å²) >= 11 is 7.83. The second-order valence-corrected chi connectivity index (χ2v) is 7.98. The van der Waals surface area contributed by atoms with E-state index < -0.39 is 0 Å². The predicted octanol–water partition coefficient (Wildman–Crippen LogP) is 3.16. The van der Waals surface area contributed by atoms with Crippen molar-refractivity contribution in [3.8, 4) is 5.75 Å². The molecular formula is C17H12N2O3S3. The fourth-order valence-electron chi connectivity index (χ4n) is 2.62. The molecule has 1 aromatic carbocycles. The summed E-state index contributed by atoms with van der Waals surface area (Å²) in [7, 11) is 0. The summed E-state index contributed by atoms with van der Waals surface area (Å²) in [6.07, 6.45) is 1.77.